The van der Waals surface area contributed by atoms with Gasteiger partial charge in [0.15, 0.2) is 0 Å². The molecule has 150 valence electrons. The first kappa shape index (κ1) is 20.3. The van der Waals surface area contributed by atoms with Gasteiger partial charge >= 0.3 is 0 Å². The van der Waals surface area contributed by atoms with Crippen LogP contribution in [-0.4, -0.2) is 59.5 Å². The van der Waals surface area contributed by atoms with E-state index in [1.807, 2.05) is 54.8 Å². The minimum absolute atomic E-state index is 0.108. The number of rotatable bonds is 3. The highest BCUT2D eigenvalue weighted by Gasteiger charge is 2.32. The lowest BCUT2D eigenvalue weighted by molar-refractivity contribution is -0.140. The smallest absolute Gasteiger partial charge is 0.257 e. The van der Waals surface area contributed by atoms with Crippen LogP contribution in [0.4, 0.5) is 0 Å². The van der Waals surface area contributed by atoms with Crippen molar-refractivity contribution in [1.82, 2.24) is 14.4 Å². The molecule has 0 N–H and O–H groups in total. The Morgan fingerprint density at radius 2 is 1.57 bits per heavy atom. The molecule has 2 amide bonds. The summed E-state index contributed by atoms with van der Waals surface area (Å²) >= 11 is 6.45. The molecule has 0 radical (unpaired) electrons. The van der Waals surface area contributed by atoms with Gasteiger partial charge in [-0.2, -0.15) is 0 Å². The van der Waals surface area contributed by atoms with Crippen molar-refractivity contribution in [3.63, 3.8) is 0 Å². The van der Waals surface area contributed by atoms with Gasteiger partial charge in [0.1, 0.15) is 5.75 Å². The summed E-state index contributed by atoms with van der Waals surface area (Å²) in [6.07, 6.45) is 3.77. The molecule has 1 fully saturated rings. The monoisotopic (exact) mass is 403 g/mol. The molecule has 2 aromatic rings. The highest BCUT2D eigenvalue weighted by Crippen LogP contribution is 2.31. The maximum atomic E-state index is 13.1. The topological polar surface area (TPSA) is 54.8 Å². The number of ether oxygens (including phenoxy) is 1. The molecule has 7 heteroatoms. The van der Waals surface area contributed by atoms with Gasteiger partial charge in [-0.3, -0.25) is 9.59 Å². The summed E-state index contributed by atoms with van der Waals surface area (Å²) in [6.45, 7) is 7.75. The zero-order valence-corrected chi connectivity index (χ0v) is 17.5. The van der Waals surface area contributed by atoms with E-state index in [1.54, 1.807) is 24.1 Å². The Morgan fingerprint density at radius 3 is 2.11 bits per heavy atom. The Bertz CT molecular complexity index is 864. The summed E-state index contributed by atoms with van der Waals surface area (Å²) in [6, 6.07) is 7.24. The average Bonchev–Trinajstić information content (AvgIpc) is 3.20. The average molecular weight is 404 g/mol. The van der Waals surface area contributed by atoms with Crippen LogP contribution in [0.3, 0.4) is 0 Å². The number of carbonyl (C=O) groups is 2. The Morgan fingerprint density at radius 1 is 1.00 bits per heavy atom. The second-order valence-electron chi connectivity index (χ2n) is 7.93. The van der Waals surface area contributed by atoms with Gasteiger partial charge in [0.2, 0.25) is 5.91 Å². The Hall–Kier alpha value is -2.47. The highest BCUT2D eigenvalue weighted by atomic mass is 35.5. The van der Waals surface area contributed by atoms with Crippen LogP contribution in [0, 0.1) is 5.41 Å². The number of nitrogens with zero attached hydrogens (tertiary/aromatic N) is 3. The Kier molecular flexibility index (Phi) is 5.70. The van der Waals surface area contributed by atoms with Crippen LogP contribution in [0.2, 0.25) is 5.02 Å². The molecular weight excluding hydrogens is 378 g/mol. The van der Waals surface area contributed by atoms with Crippen LogP contribution in [0.25, 0.3) is 5.69 Å². The normalized spacial score (nSPS) is 14.9. The lowest BCUT2D eigenvalue weighted by atomic mass is 9.94. The number of hydrogen-bond acceptors (Lipinski definition) is 3. The molecule has 0 atom stereocenters. The van der Waals surface area contributed by atoms with Crippen LogP contribution < -0.4 is 4.74 Å². The molecule has 6 nitrogen and oxygen atoms in total. The van der Waals surface area contributed by atoms with E-state index in [0.29, 0.717) is 42.5 Å². The van der Waals surface area contributed by atoms with Crippen LogP contribution in [0.15, 0.2) is 36.7 Å². The zero-order chi connectivity index (χ0) is 20.5. The van der Waals surface area contributed by atoms with Gasteiger partial charge in [-0.25, -0.2) is 0 Å². The predicted molar refractivity (Wildman–Crippen MR) is 109 cm³/mol. The van der Waals surface area contributed by atoms with Crippen molar-refractivity contribution in [3.8, 4) is 11.4 Å². The molecule has 0 bridgehead atoms. The van der Waals surface area contributed by atoms with Crippen LogP contribution in [-0.2, 0) is 4.79 Å². The third kappa shape index (κ3) is 4.02. The molecule has 0 spiro atoms. The fourth-order valence-corrected chi connectivity index (χ4v) is 3.59. The Labute approximate surface area is 170 Å². The minimum Gasteiger partial charge on any atom is -0.496 e. The first-order valence-corrected chi connectivity index (χ1v) is 9.69. The van der Waals surface area contributed by atoms with Gasteiger partial charge in [0, 0.05) is 50.1 Å². The number of amides is 2. The fraction of sp³-hybridized carbons (Fsp3) is 0.429. The van der Waals surface area contributed by atoms with E-state index < -0.39 is 5.41 Å². The van der Waals surface area contributed by atoms with Gasteiger partial charge in [-0.15, -0.1) is 0 Å². The maximum absolute atomic E-state index is 13.1. The van der Waals surface area contributed by atoms with Crippen LogP contribution >= 0.6 is 11.6 Å². The summed E-state index contributed by atoms with van der Waals surface area (Å²) in [5.41, 5.74) is 0.761. The van der Waals surface area contributed by atoms with E-state index in [1.165, 1.54) is 0 Å². The van der Waals surface area contributed by atoms with Crippen molar-refractivity contribution in [2.45, 2.75) is 20.8 Å². The molecule has 28 heavy (non-hydrogen) atoms. The fourth-order valence-electron chi connectivity index (χ4n) is 3.33. The van der Waals surface area contributed by atoms with Crippen molar-refractivity contribution >= 4 is 23.4 Å². The predicted octanol–water partition coefficient (Wildman–Crippen LogP) is 3.47. The Balaban J connectivity index is 1.78. The summed E-state index contributed by atoms with van der Waals surface area (Å²) in [5, 5.41) is 0.474. The number of aromatic nitrogens is 1. The molecule has 1 aliphatic rings. The quantitative estimate of drug-likeness (QED) is 0.788. The molecule has 0 aliphatic carbocycles. The number of piperazine rings is 1. The number of benzene rings is 1. The largest absolute Gasteiger partial charge is 0.496 e. The maximum Gasteiger partial charge on any atom is 0.257 e. The number of methoxy groups -OCH3 is 1. The molecular formula is C21H26ClN3O3. The standard InChI is InChI=1S/C21H26ClN3O3/c1-21(2,3)20(27)25-11-9-24(10-12-25)19(26)15-13-16(22)17(14-18(15)28-4)23-7-5-6-8-23/h5-8,13-14H,9-12H2,1-4H3. The second-order valence-corrected chi connectivity index (χ2v) is 8.34. The van der Waals surface area contributed by atoms with Crippen molar-refractivity contribution in [3.05, 3.63) is 47.2 Å². The SMILES string of the molecule is COc1cc(-n2cccc2)c(Cl)cc1C(=O)N1CCN(C(=O)C(C)(C)C)CC1. The summed E-state index contributed by atoms with van der Waals surface area (Å²) in [4.78, 5) is 29.1. The molecule has 1 aromatic heterocycles. The number of hydrogen-bond donors (Lipinski definition) is 0. The lowest BCUT2D eigenvalue weighted by Gasteiger charge is -2.37. The van der Waals surface area contributed by atoms with E-state index in [9.17, 15) is 9.59 Å². The van der Waals surface area contributed by atoms with E-state index in [-0.39, 0.29) is 11.8 Å². The molecule has 0 unspecified atom stereocenters. The van der Waals surface area contributed by atoms with E-state index in [0.717, 1.165) is 5.69 Å². The molecule has 1 saturated heterocycles. The van der Waals surface area contributed by atoms with E-state index in [4.69, 9.17) is 16.3 Å². The zero-order valence-electron chi connectivity index (χ0n) is 16.7. The van der Waals surface area contributed by atoms with E-state index >= 15 is 0 Å². The van der Waals surface area contributed by atoms with Gasteiger partial charge in [0.25, 0.3) is 5.91 Å². The first-order valence-electron chi connectivity index (χ1n) is 9.32. The minimum atomic E-state index is -0.419. The third-order valence-corrected chi connectivity index (χ3v) is 5.18. The van der Waals surface area contributed by atoms with Crippen molar-refractivity contribution < 1.29 is 14.3 Å². The van der Waals surface area contributed by atoms with Gasteiger partial charge in [-0.1, -0.05) is 32.4 Å². The second kappa shape index (κ2) is 7.87. The van der Waals surface area contributed by atoms with Crippen molar-refractivity contribution in [2.24, 2.45) is 5.41 Å². The summed E-state index contributed by atoms with van der Waals surface area (Å²) < 4.78 is 7.34. The van der Waals surface area contributed by atoms with Crippen LogP contribution in [0.5, 0.6) is 5.75 Å². The summed E-state index contributed by atoms with van der Waals surface area (Å²) in [5.74, 6) is 0.447. The number of carbonyl (C=O) groups excluding carboxylic acids is 2. The molecule has 2 heterocycles. The molecule has 1 aliphatic heterocycles. The third-order valence-electron chi connectivity index (χ3n) is 4.88. The first-order chi connectivity index (χ1) is 13.2. The van der Waals surface area contributed by atoms with Gasteiger partial charge in [-0.05, 0) is 18.2 Å². The molecule has 0 saturated carbocycles. The van der Waals surface area contributed by atoms with Crippen molar-refractivity contribution in [1.29, 1.82) is 0 Å². The molecule has 3 rings (SSSR count). The molecule has 1 aromatic carbocycles. The van der Waals surface area contributed by atoms with E-state index in [2.05, 4.69) is 0 Å². The van der Waals surface area contributed by atoms with Crippen LogP contribution in [0.1, 0.15) is 31.1 Å². The van der Waals surface area contributed by atoms with Crippen molar-refractivity contribution in [2.75, 3.05) is 33.3 Å². The van der Waals surface area contributed by atoms with Gasteiger partial charge in [0.05, 0.1) is 23.4 Å². The van der Waals surface area contributed by atoms with Gasteiger partial charge < -0.3 is 19.1 Å². The number of halogens is 1. The lowest BCUT2D eigenvalue weighted by Crippen LogP contribution is -2.53. The highest BCUT2D eigenvalue weighted by molar-refractivity contribution is 6.33. The summed E-state index contributed by atoms with van der Waals surface area (Å²) in [7, 11) is 1.54.